The van der Waals surface area contributed by atoms with Crippen LogP contribution in [0, 0.1) is 0 Å². The van der Waals surface area contributed by atoms with E-state index in [0.29, 0.717) is 5.02 Å². The van der Waals surface area contributed by atoms with Crippen LogP contribution in [0.2, 0.25) is 5.02 Å². The Morgan fingerprint density at radius 2 is 1.62 bits per heavy atom. The van der Waals surface area contributed by atoms with Crippen LogP contribution in [0.3, 0.4) is 0 Å². The SMILES string of the molecule is O=C(COC(=O)c1ccc(OC(F)(F)F)cc1)NCc1ccc(Cl)cc1. The summed E-state index contributed by atoms with van der Waals surface area (Å²) in [7, 11) is 0. The van der Waals surface area contributed by atoms with Crippen molar-refractivity contribution in [3.05, 3.63) is 64.7 Å². The average Bonchev–Trinajstić information content (AvgIpc) is 2.58. The molecule has 138 valence electrons. The number of hydrogen-bond acceptors (Lipinski definition) is 4. The third-order valence-electron chi connectivity index (χ3n) is 3.06. The van der Waals surface area contributed by atoms with Gasteiger partial charge in [-0.2, -0.15) is 0 Å². The second kappa shape index (κ2) is 8.57. The molecule has 0 unspecified atom stereocenters. The number of carbonyl (C=O) groups is 2. The molecule has 0 bridgehead atoms. The predicted molar refractivity (Wildman–Crippen MR) is 86.7 cm³/mol. The standard InChI is InChI=1S/C17H13ClF3NO4/c18-13-5-1-11(2-6-13)9-22-15(23)10-25-16(24)12-3-7-14(8-4-12)26-17(19,20)21/h1-8H,9-10H2,(H,22,23). The molecule has 0 spiro atoms. The summed E-state index contributed by atoms with van der Waals surface area (Å²) in [6.45, 7) is -0.287. The number of amides is 1. The van der Waals surface area contributed by atoms with Crippen molar-refractivity contribution >= 4 is 23.5 Å². The van der Waals surface area contributed by atoms with Gasteiger partial charge in [-0.15, -0.1) is 13.2 Å². The molecular formula is C17H13ClF3NO4. The molecule has 2 aromatic carbocycles. The topological polar surface area (TPSA) is 64.6 Å². The van der Waals surface area contributed by atoms with E-state index in [1.165, 1.54) is 0 Å². The van der Waals surface area contributed by atoms with Crippen LogP contribution in [0.1, 0.15) is 15.9 Å². The highest BCUT2D eigenvalue weighted by Gasteiger charge is 2.31. The molecule has 0 saturated heterocycles. The molecule has 5 nitrogen and oxygen atoms in total. The van der Waals surface area contributed by atoms with E-state index >= 15 is 0 Å². The summed E-state index contributed by atoms with van der Waals surface area (Å²) in [4.78, 5) is 23.4. The Morgan fingerprint density at radius 1 is 1.00 bits per heavy atom. The maximum Gasteiger partial charge on any atom is 0.573 e. The van der Waals surface area contributed by atoms with E-state index in [1.54, 1.807) is 24.3 Å². The molecule has 0 aliphatic rings. The van der Waals surface area contributed by atoms with Crippen molar-refractivity contribution < 1.29 is 32.2 Å². The predicted octanol–water partition coefficient (Wildman–Crippen LogP) is 3.71. The zero-order valence-corrected chi connectivity index (χ0v) is 13.9. The largest absolute Gasteiger partial charge is 0.573 e. The monoisotopic (exact) mass is 387 g/mol. The van der Waals surface area contributed by atoms with Gasteiger partial charge in [0.05, 0.1) is 5.56 Å². The minimum atomic E-state index is -4.82. The van der Waals surface area contributed by atoms with Gasteiger partial charge in [0.2, 0.25) is 0 Å². The smallest absolute Gasteiger partial charge is 0.452 e. The van der Waals surface area contributed by atoms with E-state index in [1.807, 2.05) is 0 Å². The van der Waals surface area contributed by atoms with Crippen molar-refractivity contribution in [3.63, 3.8) is 0 Å². The van der Waals surface area contributed by atoms with E-state index in [-0.39, 0.29) is 12.1 Å². The lowest BCUT2D eigenvalue weighted by atomic mass is 10.2. The first-order chi connectivity index (χ1) is 12.2. The number of carbonyl (C=O) groups excluding carboxylic acids is 2. The quantitative estimate of drug-likeness (QED) is 0.767. The van der Waals surface area contributed by atoms with Crippen LogP contribution in [0.15, 0.2) is 48.5 Å². The first-order valence-corrected chi connectivity index (χ1v) is 7.65. The number of hydrogen-bond donors (Lipinski definition) is 1. The molecular weight excluding hydrogens is 375 g/mol. The van der Waals surface area contributed by atoms with E-state index in [4.69, 9.17) is 16.3 Å². The van der Waals surface area contributed by atoms with Gasteiger partial charge in [0.1, 0.15) is 5.75 Å². The fourth-order valence-electron chi connectivity index (χ4n) is 1.86. The van der Waals surface area contributed by atoms with E-state index in [9.17, 15) is 22.8 Å². The van der Waals surface area contributed by atoms with Gasteiger partial charge in [-0.05, 0) is 42.0 Å². The first-order valence-electron chi connectivity index (χ1n) is 7.27. The van der Waals surface area contributed by atoms with Gasteiger partial charge in [0.25, 0.3) is 5.91 Å². The number of alkyl halides is 3. The van der Waals surface area contributed by atoms with Crippen molar-refractivity contribution in [1.82, 2.24) is 5.32 Å². The van der Waals surface area contributed by atoms with Crippen LogP contribution < -0.4 is 10.1 Å². The first kappa shape index (κ1) is 19.6. The second-order valence-electron chi connectivity index (χ2n) is 5.05. The van der Waals surface area contributed by atoms with Gasteiger partial charge >= 0.3 is 12.3 Å². The molecule has 2 rings (SSSR count). The zero-order chi connectivity index (χ0) is 19.2. The van der Waals surface area contributed by atoms with Gasteiger partial charge in [0, 0.05) is 11.6 Å². The number of benzene rings is 2. The van der Waals surface area contributed by atoms with Crippen LogP contribution >= 0.6 is 11.6 Å². The Morgan fingerprint density at radius 3 is 2.19 bits per heavy atom. The third-order valence-corrected chi connectivity index (χ3v) is 3.31. The lowest BCUT2D eigenvalue weighted by Gasteiger charge is -2.09. The molecule has 0 fully saturated rings. The van der Waals surface area contributed by atoms with Crippen molar-refractivity contribution in [3.8, 4) is 5.75 Å². The highest BCUT2D eigenvalue weighted by atomic mass is 35.5. The summed E-state index contributed by atoms with van der Waals surface area (Å²) < 4.78 is 44.7. The van der Waals surface area contributed by atoms with E-state index in [0.717, 1.165) is 29.8 Å². The Kier molecular flexibility index (Phi) is 6.46. The van der Waals surface area contributed by atoms with Crippen molar-refractivity contribution in [2.45, 2.75) is 12.9 Å². The molecule has 0 aromatic heterocycles. The van der Waals surface area contributed by atoms with Crippen LogP contribution in [0.25, 0.3) is 0 Å². The summed E-state index contributed by atoms with van der Waals surface area (Å²) in [5.41, 5.74) is 0.805. The molecule has 0 saturated carbocycles. The number of halogens is 4. The number of esters is 1. The number of ether oxygens (including phenoxy) is 2. The molecule has 0 aliphatic heterocycles. The Hall–Kier alpha value is -2.74. The van der Waals surface area contributed by atoms with Gasteiger partial charge in [0.15, 0.2) is 6.61 Å². The summed E-state index contributed by atoms with van der Waals surface area (Å²) in [5, 5.41) is 3.13. The summed E-state index contributed by atoms with van der Waals surface area (Å²) in [6.07, 6.45) is -4.82. The Labute approximate surface area is 151 Å². The molecule has 1 amide bonds. The molecule has 0 atom stereocenters. The van der Waals surface area contributed by atoms with Gasteiger partial charge in [-0.3, -0.25) is 4.79 Å². The number of nitrogens with one attached hydrogen (secondary N) is 1. The molecule has 0 heterocycles. The van der Waals surface area contributed by atoms with Gasteiger partial charge in [-0.1, -0.05) is 23.7 Å². The van der Waals surface area contributed by atoms with Gasteiger partial charge in [-0.25, -0.2) is 4.79 Å². The number of rotatable bonds is 6. The fourth-order valence-corrected chi connectivity index (χ4v) is 1.99. The van der Waals surface area contributed by atoms with E-state index in [2.05, 4.69) is 10.1 Å². The summed E-state index contributed by atoms with van der Waals surface area (Å²) >= 11 is 5.75. The van der Waals surface area contributed by atoms with E-state index < -0.39 is 30.6 Å². The Balaban J connectivity index is 1.78. The van der Waals surface area contributed by atoms with Crippen LogP contribution in [-0.4, -0.2) is 24.8 Å². The maximum atomic E-state index is 12.1. The van der Waals surface area contributed by atoms with Crippen LogP contribution in [0.5, 0.6) is 5.75 Å². The Bertz CT molecular complexity index is 761. The average molecular weight is 388 g/mol. The second-order valence-corrected chi connectivity index (χ2v) is 5.49. The maximum absolute atomic E-state index is 12.1. The zero-order valence-electron chi connectivity index (χ0n) is 13.2. The van der Waals surface area contributed by atoms with Crippen LogP contribution in [0.4, 0.5) is 13.2 Å². The lowest BCUT2D eigenvalue weighted by Crippen LogP contribution is -2.28. The summed E-state index contributed by atoms with van der Waals surface area (Å²) in [6, 6.07) is 11.0. The van der Waals surface area contributed by atoms with Crippen molar-refractivity contribution in [1.29, 1.82) is 0 Å². The molecule has 26 heavy (non-hydrogen) atoms. The highest BCUT2D eigenvalue weighted by molar-refractivity contribution is 6.30. The molecule has 9 heteroatoms. The normalized spacial score (nSPS) is 10.9. The molecule has 2 aromatic rings. The minimum Gasteiger partial charge on any atom is -0.452 e. The van der Waals surface area contributed by atoms with Crippen molar-refractivity contribution in [2.75, 3.05) is 6.61 Å². The van der Waals surface area contributed by atoms with Crippen LogP contribution in [-0.2, 0) is 16.1 Å². The van der Waals surface area contributed by atoms with Gasteiger partial charge < -0.3 is 14.8 Å². The summed E-state index contributed by atoms with van der Waals surface area (Å²) in [5.74, 6) is -1.83. The fraction of sp³-hybridized carbons (Fsp3) is 0.176. The minimum absolute atomic E-state index is 0.00924. The molecule has 0 radical (unpaired) electrons. The highest BCUT2D eigenvalue weighted by Crippen LogP contribution is 2.22. The molecule has 1 N–H and O–H groups in total. The molecule has 0 aliphatic carbocycles. The van der Waals surface area contributed by atoms with Crippen molar-refractivity contribution in [2.24, 2.45) is 0 Å². The third kappa shape index (κ3) is 6.64. The lowest BCUT2D eigenvalue weighted by molar-refractivity contribution is -0.274.